The van der Waals surface area contributed by atoms with Gasteiger partial charge in [0.05, 0.1) is 19.8 Å². The number of ether oxygens (including phenoxy) is 2. The van der Waals surface area contributed by atoms with E-state index in [9.17, 15) is 10.1 Å². The lowest BCUT2D eigenvalue weighted by Crippen LogP contribution is -2.33. The average Bonchev–Trinajstić information content (AvgIpc) is 3.09. The molecule has 1 unspecified atom stereocenters. The molecule has 1 amide bonds. The Balaban J connectivity index is 1.77. The summed E-state index contributed by atoms with van der Waals surface area (Å²) < 4.78 is 10.9. The van der Waals surface area contributed by atoms with Crippen LogP contribution in [-0.4, -0.2) is 37.6 Å². The van der Waals surface area contributed by atoms with Crippen molar-refractivity contribution in [2.75, 3.05) is 26.8 Å². The van der Waals surface area contributed by atoms with E-state index in [1.54, 1.807) is 12.0 Å². The molecular formula is C17H22N2O3. The minimum absolute atomic E-state index is 0.0303. The molecule has 0 aliphatic carbocycles. The van der Waals surface area contributed by atoms with E-state index < -0.39 is 5.92 Å². The Labute approximate surface area is 131 Å². The van der Waals surface area contributed by atoms with E-state index in [-0.39, 0.29) is 5.91 Å². The van der Waals surface area contributed by atoms with E-state index in [1.165, 1.54) is 0 Å². The highest BCUT2D eigenvalue weighted by atomic mass is 16.5. The fourth-order valence-corrected chi connectivity index (χ4v) is 2.61. The van der Waals surface area contributed by atoms with Gasteiger partial charge in [-0.1, -0.05) is 12.1 Å². The first-order chi connectivity index (χ1) is 10.8. The molecule has 1 aromatic carbocycles. The van der Waals surface area contributed by atoms with Gasteiger partial charge in [-0.25, -0.2) is 0 Å². The number of benzene rings is 1. The molecule has 0 radical (unpaired) electrons. The zero-order chi connectivity index (χ0) is 15.8. The van der Waals surface area contributed by atoms with Crippen molar-refractivity contribution >= 4 is 5.91 Å². The van der Waals surface area contributed by atoms with Crippen LogP contribution in [0.25, 0.3) is 0 Å². The van der Waals surface area contributed by atoms with Gasteiger partial charge in [-0.15, -0.1) is 0 Å². The summed E-state index contributed by atoms with van der Waals surface area (Å²) in [6.07, 6.45) is 3.28. The molecule has 1 saturated heterocycles. The second-order valence-electron chi connectivity index (χ2n) is 5.36. The quantitative estimate of drug-likeness (QED) is 0.726. The summed E-state index contributed by atoms with van der Waals surface area (Å²) in [4.78, 5) is 14.0. The fourth-order valence-electron chi connectivity index (χ4n) is 2.61. The maximum absolute atomic E-state index is 12.2. The molecule has 0 aromatic heterocycles. The number of likely N-dealkylation sites (tertiary alicyclic amines) is 1. The number of rotatable bonds is 7. The number of para-hydroxylation sites is 2. The lowest BCUT2D eigenvalue weighted by Gasteiger charge is -2.18. The van der Waals surface area contributed by atoms with Crippen LogP contribution in [-0.2, 0) is 4.79 Å². The zero-order valence-electron chi connectivity index (χ0n) is 13.0. The molecule has 1 aliphatic rings. The van der Waals surface area contributed by atoms with Crippen LogP contribution in [0.5, 0.6) is 11.5 Å². The third-order valence-corrected chi connectivity index (χ3v) is 3.84. The molecule has 0 spiro atoms. The monoisotopic (exact) mass is 302 g/mol. The lowest BCUT2D eigenvalue weighted by atomic mass is 10.0. The van der Waals surface area contributed by atoms with E-state index in [1.807, 2.05) is 24.3 Å². The predicted molar refractivity (Wildman–Crippen MR) is 82.6 cm³/mol. The smallest absolute Gasteiger partial charge is 0.239 e. The number of hydrogen-bond donors (Lipinski definition) is 0. The van der Waals surface area contributed by atoms with E-state index >= 15 is 0 Å². The Hall–Kier alpha value is -2.22. The fraction of sp³-hybridized carbons (Fsp3) is 0.529. The average molecular weight is 302 g/mol. The van der Waals surface area contributed by atoms with Crippen LogP contribution in [0.4, 0.5) is 0 Å². The molecule has 1 atom stereocenters. The zero-order valence-corrected chi connectivity index (χ0v) is 13.0. The molecule has 1 fully saturated rings. The third kappa shape index (κ3) is 4.14. The highest BCUT2D eigenvalue weighted by Crippen LogP contribution is 2.26. The van der Waals surface area contributed by atoms with Crippen LogP contribution in [0, 0.1) is 17.2 Å². The summed E-state index contributed by atoms with van der Waals surface area (Å²) in [5.41, 5.74) is 0. The first kappa shape index (κ1) is 16.2. The van der Waals surface area contributed by atoms with Crippen molar-refractivity contribution in [3.8, 4) is 17.6 Å². The molecule has 5 nitrogen and oxygen atoms in total. The van der Waals surface area contributed by atoms with Gasteiger partial charge in [-0.3, -0.25) is 4.79 Å². The van der Waals surface area contributed by atoms with E-state index in [0.29, 0.717) is 30.9 Å². The normalized spacial score (nSPS) is 15.2. The van der Waals surface area contributed by atoms with Crippen LogP contribution >= 0.6 is 0 Å². The molecule has 5 heteroatoms. The van der Waals surface area contributed by atoms with E-state index in [0.717, 1.165) is 25.9 Å². The van der Waals surface area contributed by atoms with Gasteiger partial charge in [0.2, 0.25) is 5.91 Å². The molecule has 0 bridgehead atoms. The van der Waals surface area contributed by atoms with Crippen molar-refractivity contribution in [1.82, 2.24) is 4.90 Å². The molecule has 1 aliphatic heterocycles. The summed E-state index contributed by atoms with van der Waals surface area (Å²) in [6.45, 7) is 2.04. The Morgan fingerprint density at radius 1 is 1.32 bits per heavy atom. The second kappa shape index (κ2) is 8.28. The molecule has 0 N–H and O–H groups in total. The van der Waals surface area contributed by atoms with Gasteiger partial charge in [0, 0.05) is 13.1 Å². The summed E-state index contributed by atoms with van der Waals surface area (Å²) in [5.74, 6) is 0.786. The van der Waals surface area contributed by atoms with Crippen molar-refractivity contribution < 1.29 is 14.3 Å². The summed E-state index contributed by atoms with van der Waals surface area (Å²) in [5, 5.41) is 9.20. The van der Waals surface area contributed by atoms with E-state index in [4.69, 9.17) is 9.47 Å². The van der Waals surface area contributed by atoms with Crippen LogP contribution in [0.15, 0.2) is 24.3 Å². The number of nitrogens with zero attached hydrogens (tertiary/aromatic N) is 2. The van der Waals surface area contributed by atoms with Crippen LogP contribution < -0.4 is 9.47 Å². The number of methoxy groups -OCH3 is 1. The number of carbonyl (C=O) groups excluding carboxylic acids is 1. The van der Waals surface area contributed by atoms with Gasteiger partial charge in [-0.05, 0) is 37.8 Å². The van der Waals surface area contributed by atoms with Gasteiger partial charge >= 0.3 is 0 Å². The molecule has 1 heterocycles. The summed E-state index contributed by atoms with van der Waals surface area (Å²) >= 11 is 0. The first-order valence-corrected chi connectivity index (χ1v) is 7.70. The van der Waals surface area contributed by atoms with Crippen LogP contribution in [0.2, 0.25) is 0 Å². The molecule has 2 rings (SSSR count). The predicted octanol–water partition coefficient (Wildman–Crippen LogP) is 2.62. The number of amides is 1. The van der Waals surface area contributed by atoms with Gasteiger partial charge in [-0.2, -0.15) is 5.26 Å². The number of nitriles is 1. The topological polar surface area (TPSA) is 62.6 Å². The Kier molecular flexibility index (Phi) is 6.08. The SMILES string of the molecule is COc1ccccc1OCCCC(C#N)C(=O)N1CCCC1. The van der Waals surface area contributed by atoms with Crippen molar-refractivity contribution in [3.05, 3.63) is 24.3 Å². The van der Waals surface area contributed by atoms with Gasteiger partial charge in [0.25, 0.3) is 0 Å². The molecule has 1 aromatic rings. The van der Waals surface area contributed by atoms with Crippen molar-refractivity contribution in [2.24, 2.45) is 5.92 Å². The van der Waals surface area contributed by atoms with Crippen molar-refractivity contribution in [2.45, 2.75) is 25.7 Å². The van der Waals surface area contributed by atoms with Crippen molar-refractivity contribution in [3.63, 3.8) is 0 Å². The Morgan fingerprint density at radius 2 is 2.00 bits per heavy atom. The lowest BCUT2D eigenvalue weighted by molar-refractivity contribution is -0.132. The van der Waals surface area contributed by atoms with Crippen molar-refractivity contribution in [1.29, 1.82) is 5.26 Å². The Morgan fingerprint density at radius 3 is 2.64 bits per heavy atom. The highest BCUT2D eigenvalue weighted by molar-refractivity contribution is 5.81. The largest absolute Gasteiger partial charge is 0.493 e. The molecule has 118 valence electrons. The molecular weight excluding hydrogens is 280 g/mol. The molecule has 22 heavy (non-hydrogen) atoms. The highest BCUT2D eigenvalue weighted by Gasteiger charge is 2.25. The maximum atomic E-state index is 12.2. The summed E-state index contributed by atoms with van der Waals surface area (Å²) in [6, 6.07) is 9.57. The first-order valence-electron chi connectivity index (χ1n) is 7.70. The van der Waals surface area contributed by atoms with E-state index in [2.05, 4.69) is 6.07 Å². The van der Waals surface area contributed by atoms with Crippen LogP contribution in [0.3, 0.4) is 0 Å². The standard InChI is InChI=1S/C17H22N2O3/c1-21-15-8-2-3-9-16(15)22-12-6-7-14(13-18)17(20)19-10-4-5-11-19/h2-3,8-9,14H,4-7,10-12H2,1H3. The van der Waals surface area contributed by atoms with Crippen LogP contribution in [0.1, 0.15) is 25.7 Å². The third-order valence-electron chi connectivity index (χ3n) is 3.84. The second-order valence-corrected chi connectivity index (χ2v) is 5.36. The van der Waals surface area contributed by atoms with Gasteiger partial charge in [0.15, 0.2) is 11.5 Å². The van der Waals surface area contributed by atoms with Gasteiger partial charge in [0.1, 0.15) is 5.92 Å². The minimum Gasteiger partial charge on any atom is -0.493 e. The molecule has 0 saturated carbocycles. The Bertz CT molecular complexity index is 533. The minimum atomic E-state index is -0.556. The summed E-state index contributed by atoms with van der Waals surface area (Å²) in [7, 11) is 1.60. The maximum Gasteiger partial charge on any atom is 0.239 e. The van der Waals surface area contributed by atoms with Gasteiger partial charge < -0.3 is 14.4 Å². The number of carbonyl (C=O) groups is 1. The number of hydrogen-bond acceptors (Lipinski definition) is 4.